The summed E-state index contributed by atoms with van der Waals surface area (Å²) in [7, 11) is 1.72. The fourth-order valence-corrected chi connectivity index (χ4v) is 1.02. The number of hydrogen-bond donors (Lipinski definition) is 2. The van der Waals surface area contributed by atoms with Gasteiger partial charge in [0.25, 0.3) is 0 Å². The summed E-state index contributed by atoms with van der Waals surface area (Å²) < 4.78 is 0. The lowest BCUT2D eigenvalue weighted by Gasteiger charge is -2.03. The Morgan fingerprint density at radius 2 is 2.00 bits per heavy atom. The average molecular weight is 199 g/mol. The zero-order valence-electron chi connectivity index (χ0n) is 7.30. The van der Waals surface area contributed by atoms with Crippen LogP contribution in [0.25, 0.3) is 0 Å². The molecule has 0 bridgehead atoms. The molecule has 1 aromatic rings. The first-order chi connectivity index (χ1) is 6.22. The van der Waals surface area contributed by atoms with Crippen LogP contribution >= 0.6 is 11.6 Å². The summed E-state index contributed by atoms with van der Waals surface area (Å²) in [6.45, 7) is 0.308. The number of benzene rings is 1. The van der Waals surface area contributed by atoms with Gasteiger partial charge in [0.15, 0.2) is 0 Å². The largest absolute Gasteiger partial charge is 0.325 e. The SMILES string of the molecule is CNCC(=O)Nc1ccc(Cl)cc1. The van der Waals surface area contributed by atoms with Crippen molar-refractivity contribution >= 4 is 23.2 Å². The number of amides is 1. The van der Waals surface area contributed by atoms with Crippen LogP contribution in [-0.2, 0) is 4.79 Å². The summed E-state index contributed by atoms with van der Waals surface area (Å²) in [6, 6.07) is 6.98. The number of rotatable bonds is 3. The fourth-order valence-electron chi connectivity index (χ4n) is 0.899. The summed E-state index contributed by atoms with van der Waals surface area (Å²) in [6.07, 6.45) is 0. The molecule has 0 unspecified atom stereocenters. The first-order valence-electron chi connectivity index (χ1n) is 3.92. The number of halogens is 1. The smallest absolute Gasteiger partial charge is 0.238 e. The number of carbonyl (C=O) groups excluding carboxylic acids is 1. The first kappa shape index (κ1) is 10.0. The summed E-state index contributed by atoms with van der Waals surface area (Å²) in [5, 5.41) is 6.13. The third-order valence-electron chi connectivity index (χ3n) is 1.47. The van der Waals surface area contributed by atoms with Crippen LogP contribution in [0.4, 0.5) is 5.69 Å². The van der Waals surface area contributed by atoms with Crippen LogP contribution in [0.15, 0.2) is 24.3 Å². The second kappa shape index (κ2) is 4.84. The summed E-state index contributed by atoms with van der Waals surface area (Å²) in [5.74, 6) is -0.0650. The molecule has 0 aliphatic carbocycles. The molecule has 0 aliphatic rings. The molecule has 13 heavy (non-hydrogen) atoms. The highest BCUT2D eigenvalue weighted by atomic mass is 35.5. The molecule has 0 fully saturated rings. The lowest BCUT2D eigenvalue weighted by molar-refractivity contribution is -0.115. The Labute approximate surface area is 82.1 Å². The maximum absolute atomic E-state index is 11.1. The van der Waals surface area contributed by atoms with Crippen LogP contribution in [-0.4, -0.2) is 19.5 Å². The molecule has 3 nitrogen and oxygen atoms in total. The fraction of sp³-hybridized carbons (Fsp3) is 0.222. The highest BCUT2D eigenvalue weighted by Gasteiger charge is 1.99. The number of anilines is 1. The van der Waals surface area contributed by atoms with E-state index in [2.05, 4.69) is 10.6 Å². The molecule has 1 rings (SSSR count). The van der Waals surface area contributed by atoms with E-state index >= 15 is 0 Å². The Balaban J connectivity index is 2.54. The Morgan fingerprint density at radius 1 is 1.38 bits per heavy atom. The van der Waals surface area contributed by atoms with Crippen molar-refractivity contribution in [2.75, 3.05) is 18.9 Å². The Hall–Kier alpha value is -1.06. The Morgan fingerprint density at radius 3 is 2.54 bits per heavy atom. The minimum absolute atomic E-state index is 0.0650. The van der Waals surface area contributed by atoms with Crippen molar-refractivity contribution in [3.63, 3.8) is 0 Å². The van der Waals surface area contributed by atoms with Gasteiger partial charge in [-0.1, -0.05) is 11.6 Å². The van der Waals surface area contributed by atoms with Crippen molar-refractivity contribution in [3.8, 4) is 0 Å². The van der Waals surface area contributed by atoms with Gasteiger partial charge in [0.1, 0.15) is 0 Å². The van der Waals surface area contributed by atoms with Gasteiger partial charge in [0.05, 0.1) is 6.54 Å². The third-order valence-corrected chi connectivity index (χ3v) is 1.72. The van der Waals surface area contributed by atoms with Crippen LogP contribution in [0.1, 0.15) is 0 Å². The highest BCUT2D eigenvalue weighted by Crippen LogP contribution is 2.12. The number of hydrogen-bond acceptors (Lipinski definition) is 2. The lowest BCUT2D eigenvalue weighted by Crippen LogP contribution is -2.24. The van der Waals surface area contributed by atoms with Crippen molar-refractivity contribution in [2.24, 2.45) is 0 Å². The molecule has 0 atom stereocenters. The predicted octanol–water partition coefficient (Wildman–Crippen LogP) is 1.50. The first-order valence-corrected chi connectivity index (χ1v) is 4.30. The zero-order chi connectivity index (χ0) is 9.68. The monoisotopic (exact) mass is 198 g/mol. The maximum Gasteiger partial charge on any atom is 0.238 e. The lowest BCUT2D eigenvalue weighted by atomic mass is 10.3. The second-order valence-electron chi connectivity index (χ2n) is 2.59. The molecule has 0 saturated heterocycles. The van der Waals surface area contributed by atoms with E-state index in [4.69, 9.17) is 11.6 Å². The van der Waals surface area contributed by atoms with Crippen molar-refractivity contribution in [2.45, 2.75) is 0 Å². The van der Waals surface area contributed by atoms with Crippen molar-refractivity contribution < 1.29 is 4.79 Å². The predicted molar refractivity (Wildman–Crippen MR) is 54.0 cm³/mol. The summed E-state index contributed by atoms with van der Waals surface area (Å²) in [4.78, 5) is 11.1. The molecule has 1 aromatic carbocycles. The van der Waals surface area contributed by atoms with E-state index < -0.39 is 0 Å². The van der Waals surface area contributed by atoms with Gasteiger partial charge >= 0.3 is 0 Å². The van der Waals surface area contributed by atoms with Crippen molar-refractivity contribution in [1.82, 2.24) is 5.32 Å². The Kier molecular flexibility index (Phi) is 3.73. The van der Waals surface area contributed by atoms with E-state index in [-0.39, 0.29) is 5.91 Å². The van der Waals surface area contributed by atoms with Gasteiger partial charge < -0.3 is 10.6 Å². The van der Waals surface area contributed by atoms with E-state index in [1.807, 2.05) is 0 Å². The third kappa shape index (κ3) is 3.44. The van der Waals surface area contributed by atoms with E-state index in [0.717, 1.165) is 5.69 Å². The van der Waals surface area contributed by atoms with Crippen molar-refractivity contribution in [3.05, 3.63) is 29.3 Å². The Bertz CT molecular complexity index is 284. The molecule has 0 aliphatic heterocycles. The topological polar surface area (TPSA) is 41.1 Å². The molecule has 0 saturated carbocycles. The normalized spacial score (nSPS) is 9.69. The summed E-state index contributed by atoms with van der Waals surface area (Å²) in [5.41, 5.74) is 0.754. The van der Waals surface area contributed by atoms with E-state index in [9.17, 15) is 4.79 Å². The molecule has 0 spiro atoms. The molecular formula is C9H11ClN2O. The van der Waals surface area contributed by atoms with Gasteiger partial charge in [-0.15, -0.1) is 0 Å². The molecule has 1 amide bonds. The number of carbonyl (C=O) groups is 1. The second-order valence-corrected chi connectivity index (χ2v) is 3.02. The zero-order valence-corrected chi connectivity index (χ0v) is 8.06. The molecule has 4 heteroatoms. The average Bonchev–Trinajstić information content (AvgIpc) is 2.09. The standard InChI is InChI=1S/C9H11ClN2O/c1-11-6-9(13)12-8-4-2-7(10)3-5-8/h2-5,11H,6H2,1H3,(H,12,13). The molecular weight excluding hydrogens is 188 g/mol. The number of nitrogens with one attached hydrogen (secondary N) is 2. The summed E-state index contributed by atoms with van der Waals surface area (Å²) >= 11 is 5.68. The van der Waals surface area contributed by atoms with Gasteiger partial charge in [-0.3, -0.25) is 4.79 Å². The van der Waals surface area contributed by atoms with Gasteiger partial charge in [-0.2, -0.15) is 0 Å². The molecule has 0 heterocycles. The van der Waals surface area contributed by atoms with Gasteiger partial charge in [-0.25, -0.2) is 0 Å². The van der Waals surface area contributed by atoms with Crippen LogP contribution in [0.2, 0.25) is 5.02 Å². The van der Waals surface area contributed by atoms with Gasteiger partial charge in [0, 0.05) is 10.7 Å². The minimum atomic E-state index is -0.0650. The van der Waals surface area contributed by atoms with E-state index in [1.54, 1.807) is 31.3 Å². The molecule has 0 aromatic heterocycles. The van der Waals surface area contributed by atoms with Crippen LogP contribution in [0.3, 0.4) is 0 Å². The van der Waals surface area contributed by atoms with E-state index in [1.165, 1.54) is 0 Å². The van der Waals surface area contributed by atoms with Crippen LogP contribution in [0, 0.1) is 0 Å². The molecule has 70 valence electrons. The highest BCUT2D eigenvalue weighted by molar-refractivity contribution is 6.30. The van der Waals surface area contributed by atoms with Gasteiger partial charge in [0.2, 0.25) is 5.91 Å². The quantitative estimate of drug-likeness (QED) is 0.773. The van der Waals surface area contributed by atoms with Crippen LogP contribution < -0.4 is 10.6 Å². The van der Waals surface area contributed by atoms with E-state index in [0.29, 0.717) is 11.6 Å². The maximum atomic E-state index is 11.1. The minimum Gasteiger partial charge on any atom is -0.325 e. The molecule has 0 radical (unpaired) electrons. The van der Waals surface area contributed by atoms with Gasteiger partial charge in [-0.05, 0) is 31.3 Å². The molecule has 2 N–H and O–H groups in total. The number of likely N-dealkylation sites (N-methyl/N-ethyl adjacent to an activating group) is 1. The van der Waals surface area contributed by atoms with Crippen LogP contribution in [0.5, 0.6) is 0 Å². The van der Waals surface area contributed by atoms with Crippen molar-refractivity contribution in [1.29, 1.82) is 0 Å².